The zero-order chi connectivity index (χ0) is 13.8. The van der Waals surface area contributed by atoms with Gasteiger partial charge in [-0.15, -0.1) is 0 Å². The van der Waals surface area contributed by atoms with Crippen molar-refractivity contribution in [1.82, 2.24) is 9.80 Å². The zero-order valence-electron chi connectivity index (χ0n) is 10.5. The monoisotopic (exact) mass is 268 g/mol. The molecule has 0 spiro atoms. The average Bonchev–Trinajstić information content (AvgIpc) is 2.41. The second-order valence-electron chi connectivity index (χ2n) is 4.63. The Labute approximate surface area is 110 Å². The lowest BCUT2D eigenvalue weighted by Gasteiger charge is -2.33. The lowest BCUT2D eigenvalue weighted by molar-refractivity contribution is 0.102. The zero-order valence-corrected chi connectivity index (χ0v) is 10.5. The molecule has 0 radical (unpaired) electrons. The fourth-order valence-corrected chi connectivity index (χ4v) is 2.16. The highest BCUT2D eigenvalue weighted by atomic mass is 19.1. The van der Waals surface area contributed by atoms with Crippen molar-refractivity contribution in [3.05, 3.63) is 35.1 Å². The predicted molar refractivity (Wildman–Crippen MR) is 67.2 cm³/mol. The van der Waals surface area contributed by atoms with Gasteiger partial charge in [-0.2, -0.15) is 0 Å². The van der Waals surface area contributed by atoms with Crippen molar-refractivity contribution in [2.45, 2.75) is 13.2 Å². The van der Waals surface area contributed by atoms with Crippen LogP contribution in [0.5, 0.6) is 0 Å². The summed E-state index contributed by atoms with van der Waals surface area (Å²) in [6.45, 7) is 2.40. The number of piperazine rings is 1. The minimum absolute atomic E-state index is 0.172. The van der Waals surface area contributed by atoms with E-state index in [-0.39, 0.29) is 12.4 Å². The van der Waals surface area contributed by atoms with Crippen LogP contribution in [0.2, 0.25) is 0 Å². The Hall–Kier alpha value is -1.66. The first-order valence-corrected chi connectivity index (χ1v) is 6.18. The summed E-state index contributed by atoms with van der Waals surface area (Å²) in [5.74, 6) is -0.327. The minimum Gasteiger partial charge on any atom is -0.465 e. The van der Waals surface area contributed by atoms with Gasteiger partial charge in [-0.1, -0.05) is 12.1 Å². The summed E-state index contributed by atoms with van der Waals surface area (Å²) in [6, 6.07) is 4.71. The molecule has 1 aliphatic heterocycles. The smallest absolute Gasteiger partial charge is 0.407 e. The van der Waals surface area contributed by atoms with Gasteiger partial charge in [-0.25, -0.2) is 9.18 Å². The van der Waals surface area contributed by atoms with Crippen molar-refractivity contribution in [2.75, 3.05) is 26.2 Å². The van der Waals surface area contributed by atoms with E-state index in [1.165, 1.54) is 11.0 Å². The van der Waals surface area contributed by atoms with Crippen LogP contribution in [0.1, 0.15) is 11.1 Å². The maximum Gasteiger partial charge on any atom is 0.407 e. The molecule has 0 saturated carbocycles. The molecular weight excluding hydrogens is 251 g/mol. The number of carbonyl (C=O) groups is 1. The Bertz CT molecular complexity index is 459. The minimum atomic E-state index is -0.905. The summed E-state index contributed by atoms with van der Waals surface area (Å²) < 4.78 is 13.8. The number of aliphatic hydroxyl groups excluding tert-OH is 1. The van der Waals surface area contributed by atoms with E-state index in [2.05, 4.69) is 0 Å². The molecule has 0 aliphatic carbocycles. The number of carboxylic acid groups (broad SMARTS) is 1. The van der Waals surface area contributed by atoms with Gasteiger partial charge in [0.2, 0.25) is 0 Å². The highest BCUT2D eigenvalue weighted by Crippen LogP contribution is 2.14. The predicted octanol–water partition coefficient (Wildman–Crippen LogP) is 1.11. The molecular formula is C13H17FN2O3. The molecule has 0 unspecified atom stereocenters. The molecule has 0 bridgehead atoms. The largest absolute Gasteiger partial charge is 0.465 e. The van der Waals surface area contributed by atoms with Gasteiger partial charge in [-0.3, -0.25) is 4.90 Å². The number of rotatable bonds is 3. The summed E-state index contributed by atoms with van der Waals surface area (Å²) in [4.78, 5) is 14.2. The van der Waals surface area contributed by atoms with Crippen molar-refractivity contribution in [3.8, 4) is 0 Å². The molecule has 19 heavy (non-hydrogen) atoms. The Balaban J connectivity index is 1.94. The van der Waals surface area contributed by atoms with Crippen molar-refractivity contribution in [1.29, 1.82) is 0 Å². The van der Waals surface area contributed by atoms with Gasteiger partial charge in [0.05, 0.1) is 6.61 Å². The molecule has 0 atom stereocenters. The van der Waals surface area contributed by atoms with E-state index in [1.54, 1.807) is 12.1 Å². The normalized spacial score (nSPS) is 16.6. The Morgan fingerprint density at radius 3 is 2.47 bits per heavy atom. The van der Waals surface area contributed by atoms with E-state index in [1.807, 2.05) is 4.90 Å². The Morgan fingerprint density at radius 2 is 1.95 bits per heavy atom. The van der Waals surface area contributed by atoms with Crippen LogP contribution in [0, 0.1) is 5.82 Å². The second kappa shape index (κ2) is 5.99. The molecule has 104 valence electrons. The van der Waals surface area contributed by atoms with E-state index >= 15 is 0 Å². The van der Waals surface area contributed by atoms with Gasteiger partial charge in [-0.05, 0) is 11.6 Å². The highest BCUT2D eigenvalue weighted by Gasteiger charge is 2.20. The fourth-order valence-electron chi connectivity index (χ4n) is 2.16. The fraction of sp³-hybridized carbons (Fsp3) is 0.462. The molecule has 1 aromatic carbocycles. The third-order valence-corrected chi connectivity index (χ3v) is 3.34. The summed E-state index contributed by atoms with van der Waals surface area (Å²) in [6.07, 6.45) is -0.905. The van der Waals surface area contributed by atoms with Crippen molar-refractivity contribution < 1.29 is 19.4 Å². The second-order valence-corrected chi connectivity index (χ2v) is 4.63. The van der Waals surface area contributed by atoms with Crippen LogP contribution in [-0.4, -0.2) is 52.3 Å². The summed E-state index contributed by atoms with van der Waals surface area (Å²) in [5, 5.41) is 17.8. The van der Waals surface area contributed by atoms with E-state index in [0.717, 1.165) is 0 Å². The Kier molecular flexibility index (Phi) is 4.34. The van der Waals surface area contributed by atoms with Crippen LogP contribution in [0.25, 0.3) is 0 Å². The number of benzene rings is 1. The number of hydrogen-bond donors (Lipinski definition) is 2. The quantitative estimate of drug-likeness (QED) is 0.862. The topological polar surface area (TPSA) is 64.0 Å². The van der Waals surface area contributed by atoms with Crippen LogP contribution < -0.4 is 0 Å². The van der Waals surface area contributed by atoms with Crippen molar-refractivity contribution in [2.24, 2.45) is 0 Å². The van der Waals surface area contributed by atoms with E-state index < -0.39 is 6.09 Å². The van der Waals surface area contributed by atoms with E-state index in [9.17, 15) is 9.18 Å². The van der Waals surface area contributed by atoms with Crippen LogP contribution in [0.4, 0.5) is 9.18 Å². The number of nitrogens with zero attached hydrogens (tertiary/aromatic N) is 2. The van der Waals surface area contributed by atoms with Gasteiger partial charge in [0.25, 0.3) is 0 Å². The van der Waals surface area contributed by atoms with Crippen LogP contribution in [0.3, 0.4) is 0 Å². The number of amides is 1. The number of aliphatic hydroxyl groups is 1. The SMILES string of the molecule is O=C(O)N1CCN(Cc2ccc(CO)cc2F)CC1. The van der Waals surface area contributed by atoms with E-state index in [4.69, 9.17) is 10.2 Å². The van der Waals surface area contributed by atoms with Crippen LogP contribution in [-0.2, 0) is 13.2 Å². The lowest BCUT2D eigenvalue weighted by Crippen LogP contribution is -2.47. The number of hydrogen-bond acceptors (Lipinski definition) is 3. The molecule has 2 rings (SSSR count). The van der Waals surface area contributed by atoms with Gasteiger partial charge in [0.15, 0.2) is 0 Å². The van der Waals surface area contributed by atoms with Gasteiger partial charge >= 0.3 is 6.09 Å². The van der Waals surface area contributed by atoms with Gasteiger partial charge in [0.1, 0.15) is 5.82 Å². The Morgan fingerprint density at radius 1 is 1.26 bits per heavy atom. The van der Waals surface area contributed by atoms with E-state index in [0.29, 0.717) is 43.9 Å². The molecule has 1 aliphatic rings. The molecule has 0 aromatic heterocycles. The molecule has 5 nitrogen and oxygen atoms in total. The maximum atomic E-state index is 13.8. The van der Waals surface area contributed by atoms with Crippen LogP contribution >= 0.6 is 0 Å². The third-order valence-electron chi connectivity index (χ3n) is 3.34. The molecule has 1 saturated heterocycles. The lowest BCUT2D eigenvalue weighted by atomic mass is 10.1. The van der Waals surface area contributed by atoms with Crippen LogP contribution in [0.15, 0.2) is 18.2 Å². The molecule has 1 heterocycles. The first kappa shape index (κ1) is 13.8. The molecule has 2 N–H and O–H groups in total. The molecule has 1 fully saturated rings. The average molecular weight is 268 g/mol. The first-order chi connectivity index (χ1) is 9.10. The third kappa shape index (κ3) is 3.42. The maximum absolute atomic E-state index is 13.8. The number of halogens is 1. The standard InChI is InChI=1S/C13H17FN2O3/c14-12-7-10(9-17)1-2-11(12)8-15-3-5-16(6-4-15)13(18)19/h1-2,7,17H,3-6,8-9H2,(H,18,19). The summed E-state index contributed by atoms with van der Waals surface area (Å²) in [7, 11) is 0. The first-order valence-electron chi connectivity index (χ1n) is 6.18. The van der Waals surface area contributed by atoms with Crippen molar-refractivity contribution >= 4 is 6.09 Å². The summed E-state index contributed by atoms with van der Waals surface area (Å²) >= 11 is 0. The van der Waals surface area contributed by atoms with Gasteiger partial charge < -0.3 is 15.1 Å². The molecule has 1 aromatic rings. The molecule has 1 amide bonds. The summed E-state index contributed by atoms with van der Waals surface area (Å²) in [5.41, 5.74) is 1.12. The molecule has 6 heteroatoms. The van der Waals surface area contributed by atoms with Crippen molar-refractivity contribution in [3.63, 3.8) is 0 Å². The highest BCUT2D eigenvalue weighted by molar-refractivity contribution is 5.65. The van der Waals surface area contributed by atoms with Gasteiger partial charge in [0, 0.05) is 38.3 Å².